The van der Waals surface area contributed by atoms with Crippen LogP contribution in [0.3, 0.4) is 0 Å². The molecule has 0 aliphatic carbocycles. The van der Waals surface area contributed by atoms with Crippen LogP contribution in [0, 0.1) is 10.1 Å². The zero-order valence-corrected chi connectivity index (χ0v) is 16.1. The van der Waals surface area contributed by atoms with Crippen molar-refractivity contribution in [3.05, 3.63) is 58.6 Å². The summed E-state index contributed by atoms with van der Waals surface area (Å²) >= 11 is 0. The third-order valence-electron chi connectivity index (χ3n) is 5.89. The molecule has 31 heavy (non-hydrogen) atoms. The lowest BCUT2D eigenvalue weighted by Crippen LogP contribution is -2.60. The van der Waals surface area contributed by atoms with Crippen LogP contribution in [-0.2, 0) is 4.74 Å². The van der Waals surface area contributed by atoms with E-state index >= 15 is 0 Å². The number of aliphatic hydroxyl groups is 4. The Bertz CT molecular complexity index is 1290. The molecule has 0 radical (unpaired) electrons. The zero-order valence-electron chi connectivity index (χ0n) is 16.1. The molecule has 1 fully saturated rings. The molecule has 0 amide bonds. The van der Waals surface area contributed by atoms with Gasteiger partial charge in [0.15, 0.2) is 0 Å². The van der Waals surface area contributed by atoms with Gasteiger partial charge in [0.1, 0.15) is 30.2 Å². The van der Waals surface area contributed by atoms with Crippen molar-refractivity contribution in [3.8, 4) is 5.75 Å². The topological polar surface area (TPSA) is 143 Å². The van der Waals surface area contributed by atoms with Crippen LogP contribution in [0.1, 0.15) is 0 Å². The van der Waals surface area contributed by atoms with E-state index < -0.39 is 42.2 Å². The lowest BCUT2D eigenvalue weighted by molar-refractivity contribution is -0.383. The van der Waals surface area contributed by atoms with Crippen LogP contribution < -0.4 is 4.74 Å². The Morgan fingerprint density at radius 3 is 2.16 bits per heavy atom. The minimum atomic E-state index is -1.56. The predicted octanol–water partition coefficient (Wildman–Crippen LogP) is 1.67. The molecule has 0 unspecified atom stereocenters. The summed E-state index contributed by atoms with van der Waals surface area (Å²) in [7, 11) is 0. The van der Waals surface area contributed by atoms with Gasteiger partial charge in [-0.25, -0.2) is 0 Å². The van der Waals surface area contributed by atoms with E-state index in [0.29, 0.717) is 16.5 Å². The quantitative estimate of drug-likeness (QED) is 0.220. The molecule has 1 heterocycles. The van der Waals surface area contributed by atoms with Crippen molar-refractivity contribution in [2.45, 2.75) is 30.7 Å². The van der Waals surface area contributed by atoms with Crippen LogP contribution in [0.25, 0.3) is 32.3 Å². The zero-order chi connectivity index (χ0) is 21.9. The third-order valence-corrected chi connectivity index (χ3v) is 5.89. The molecule has 0 saturated carbocycles. The fraction of sp³-hybridized carbons (Fsp3) is 0.273. The second-order valence-electron chi connectivity index (χ2n) is 7.64. The molecule has 9 nitrogen and oxygen atoms in total. The molecule has 0 aromatic heterocycles. The SMILES string of the molecule is O=[N+]([O-])c1ccc2ccc3ccc(O[C@@H]4O[C@H](CO)[C@@H](O)[C@H](O)[C@H]4O)c4ccc1c2c34. The van der Waals surface area contributed by atoms with Crippen LogP contribution in [0.4, 0.5) is 5.69 Å². The van der Waals surface area contributed by atoms with Crippen molar-refractivity contribution in [3.63, 3.8) is 0 Å². The van der Waals surface area contributed by atoms with Gasteiger partial charge in [0.25, 0.3) is 5.69 Å². The number of nitrogens with zero attached hydrogens (tertiary/aromatic N) is 1. The Morgan fingerprint density at radius 1 is 0.871 bits per heavy atom. The highest BCUT2D eigenvalue weighted by Gasteiger charge is 2.44. The monoisotopic (exact) mass is 425 g/mol. The normalized spacial score (nSPS) is 26.6. The number of hydrogen-bond donors (Lipinski definition) is 4. The first-order chi connectivity index (χ1) is 14.9. The molecule has 160 valence electrons. The molecule has 5 atom stereocenters. The number of ether oxygens (including phenoxy) is 2. The van der Waals surface area contributed by atoms with Crippen molar-refractivity contribution in [1.29, 1.82) is 0 Å². The standard InChI is InChI=1S/C22H19NO8/c24-9-16-19(25)20(26)21(27)22(31-16)30-15-8-4-11-2-1-10-3-7-14(23(28)29)12-5-6-13(15)18(11)17(10)12/h1-8,16,19-22,24-27H,9H2/t16-,19-,20+,21-,22-/m1/s1. The second kappa shape index (κ2) is 7.26. The average molecular weight is 425 g/mol. The van der Waals surface area contributed by atoms with Crippen molar-refractivity contribution < 1.29 is 34.8 Å². The Kier molecular flexibility index (Phi) is 4.65. The van der Waals surface area contributed by atoms with Crippen molar-refractivity contribution in [1.82, 2.24) is 0 Å². The number of hydrogen-bond acceptors (Lipinski definition) is 8. The molecule has 1 aliphatic heterocycles. The molecule has 4 N–H and O–H groups in total. The number of nitro groups is 1. The molecule has 4 aromatic carbocycles. The maximum Gasteiger partial charge on any atom is 0.277 e. The maximum atomic E-state index is 11.5. The van der Waals surface area contributed by atoms with Crippen LogP contribution >= 0.6 is 0 Å². The van der Waals surface area contributed by atoms with Crippen LogP contribution in [0.15, 0.2) is 48.5 Å². The minimum absolute atomic E-state index is 0.00200. The number of benzene rings is 4. The summed E-state index contributed by atoms with van der Waals surface area (Å²) in [5, 5.41) is 55.5. The number of rotatable bonds is 4. The van der Waals surface area contributed by atoms with E-state index in [9.17, 15) is 30.5 Å². The molecule has 1 aliphatic rings. The van der Waals surface area contributed by atoms with Gasteiger partial charge in [-0.3, -0.25) is 10.1 Å². The van der Waals surface area contributed by atoms with Crippen LogP contribution in [0.5, 0.6) is 5.75 Å². The lowest BCUT2D eigenvalue weighted by atomic mass is 9.93. The van der Waals surface area contributed by atoms with E-state index in [1.807, 2.05) is 12.1 Å². The largest absolute Gasteiger partial charge is 0.461 e. The summed E-state index contributed by atoms with van der Waals surface area (Å²) in [5.41, 5.74) is 0.00200. The lowest BCUT2D eigenvalue weighted by Gasteiger charge is -2.39. The fourth-order valence-corrected chi connectivity index (χ4v) is 4.31. The molecule has 0 bridgehead atoms. The van der Waals surface area contributed by atoms with Crippen LogP contribution in [-0.4, -0.2) is 62.7 Å². The van der Waals surface area contributed by atoms with Gasteiger partial charge in [0, 0.05) is 22.2 Å². The van der Waals surface area contributed by atoms with Gasteiger partial charge in [-0.2, -0.15) is 0 Å². The average Bonchev–Trinajstić information content (AvgIpc) is 2.78. The van der Waals surface area contributed by atoms with E-state index in [1.165, 1.54) is 6.07 Å². The molecular weight excluding hydrogens is 406 g/mol. The molecule has 4 aromatic rings. The van der Waals surface area contributed by atoms with Gasteiger partial charge in [0.2, 0.25) is 6.29 Å². The Hall–Kier alpha value is -3.08. The van der Waals surface area contributed by atoms with E-state index in [0.717, 1.165) is 21.5 Å². The highest BCUT2D eigenvalue weighted by Crippen LogP contribution is 2.42. The molecule has 9 heteroatoms. The first-order valence-corrected chi connectivity index (χ1v) is 9.73. The Labute approximate surface area is 175 Å². The maximum absolute atomic E-state index is 11.5. The molecule has 1 saturated heterocycles. The highest BCUT2D eigenvalue weighted by atomic mass is 16.7. The highest BCUT2D eigenvalue weighted by molar-refractivity contribution is 6.25. The third kappa shape index (κ3) is 2.98. The number of nitro benzene ring substituents is 1. The summed E-state index contributed by atoms with van der Waals surface area (Å²) in [6, 6.07) is 13.8. The van der Waals surface area contributed by atoms with Crippen molar-refractivity contribution in [2.75, 3.05) is 6.61 Å². The molecule has 5 rings (SSSR count). The van der Waals surface area contributed by atoms with E-state index in [1.54, 1.807) is 30.3 Å². The van der Waals surface area contributed by atoms with E-state index in [2.05, 4.69) is 0 Å². The van der Waals surface area contributed by atoms with Gasteiger partial charge in [-0.1, -0.05) is 18.2 Å². The van der Waals surface area contributed by atoms with Gasteiger partial charge in [-0.05, 0) is 35.0 Å². The summed E-state index contributed by atoms with van der Waals surface area (Å²) in [4.78, 5) is 11.1. The fourth-order valence-electron chi connectivity index (χ4n) is 4.31. The number of non-ortho nitro benzene ring substituents is 1. The first kappa shape index (κ1) is 19.9. The van der Waals surface area contributed by atoms with Gasteiger partial charge in [0.05, 0.1) is 16.9 Å². The van der Waals surface area contributed by atoms with Crippen molar-refractivity contribution >= 4 is 38.0 Å². The Morgan fingerprint density at radius 2 is 1.48 bits per heavy atom. The van der Waals surface area contributed by atoms with Gasteiger partial charge < -0.3 is 29.9 Å². The van der Waals surface area contributed by atoms with E-state index in [4.69, 9.17) is 9.47 Å². The summed E-state index contributed by atoms with van der Waals surface area (Å²) < 4.78 is 11.3. The van der Waals surface area contributed by atoms with Crippen molar-refractivity contribution in [2.24, 2.45) is 0 Å². The second-order valence-corrected chi connectivity index (χ2v) is 7.64. The number of aliphatic hydroxyl groups excluding tert-OH is 4. The summed E-state index contributed by atoms with van der Waals surface area (Å²) in [6.45, 7) is -0.563. The van der Waals surface area contributed by atoms with E-state index in [-0.39, 0.29) is 5.69 Å². The summed E-state index contributed by atoms with van der Waals surface area (Å²) in [6.07, 6.45) is -7.01. The predicted molar refractivity (Wildman–Crippen MR) is 111 cm³/mol. The first-order valence-electron chi connectivity index (χ1n) is 9.73. The smallest absolute Gasteiger partial charge is 0.277 e. The Balaban J connectivity index is 1.65. The minimum Gasteiger partial charge on any atom is -0.461 e. The summed E-state index contributed by atoms with van der Waals surface area (Å²) in [5.74, 6) is 0.331. The van der Waals surface area contributed by atoms with Crippen LogP contribution in [0.2, 0.25) is 0 Å². The van der Waals surface area contributed by atoms with Gasteiger partial charge >= 0.3 is 0 Å². The molecule has 0 spiro atoms. The molecular formula is C22H19NO8. The van der Waals surface area contributed by atoms with Gasteiger partial charge in [-0.15, -0.1) is 0 Å².